The highest BCUT2D eigenvalue weighted by Gasteiger charge is 2.27. The predicted molar refractivity (Wildman–Crippen MR) is 142 cm³/mol. The van der Waals surface area contributed by atoms with Crippen LogP contribution in [0.3, 0.4) is 0 Å². The Morgan fingerprint density at radius 2 is 1.72 bits per heavy atom. The zero-order valence-corrected chi connectivity index (χ0v) is 20.5. The lowest BCUT2D eigenvalue weighted by Crippen LogP contribution is -2.36. The molecule has 0 heterocycles. The van der Waals surface area contributed by atoms with Crippen LogP contribution in [0.15, 0.2) is 78.9 Å². The topological polar surface area (TPSA) is 70.4 Å². The number of nitrogens with zero attached hydrogens (tertiary/aromatic N) is 2. The van der Waals surface area contributed by atoms with Crippen LogP contribution in [-0.4, -0.2) is 19.0 Å². The van der Waals surface area contributed by atoms with E-state index >= 15 is 0 Å². The Labute approximate surface area is 212 Å². The lowest BCUT2D eigenvalue weighted by Gasteiger charge is -2.30. The van der Waals surface area contributed by atoms with Crippen LogP contribution in [0.1, 0.15) is 48.8 Å². The molecular weight excluding hydrogens is 448 g/mol. The summed E-state index contributed by atoms with van der Waals surface area (Å²) in [6.45, 7) is 0.456. The molecule has 0 N–H and O–H groups in total. The summed E-state index contributed by atoms with van der Waals surface area (Å²) in [7, 11) is 1.35. The van der Waals surface area contributed by atoms with E-state index in [0.29, 0.717) is 12.1 Å². The summed E-state index contributed by atoms with van der Waals surface area (Å²) in [6.07, 6.45) is 8.28. The van der Waals surface area contributed by atoms with E-state index in [-0.39, 0.29) is 11.8 Å². The molecular formula is C31H30N2O3. The molecule has 0 bridgehead atoms. The maximum atomic E-state index is 13.7. The van der Waals surface area contributed by atoms with Crippen molar-refractivity contribution in [2.45, 2.75) is 38.6 Å². The molecule has 3 aromatic rings. The van der Waals surface area contributed by atoms with Crippen LogP contribution in [0.2, 0.25) is 0 Å². The first-order valence-corrected chi connectivity index (χ1v) is 12.3. The number of carbonyl (C=O) groups excluding carboxylic acids is 2. The van der Waals surface area contributed by atoms with Gasteiger partial charge in [0.1, 0.15) is 0 Å². The maximum absolute atomic E-state index is 13.7. The van der Waals surface area contributed by atoms with Crippen LogP contribution in [-0.2, 0) is 20.9 Å². The number of anilines is 1. The number of methoxy groups -OCH3 is 1. The van der Waals surface area contributed by atoms with Crippen molar-refractivity contribution >= 4 is 23.6 Å². The van der Waals surface area contributed by atoms with E-state index in [4.69, 9.17) is 4.74 Å². The van der Waals surface area contributed by atoms with E-state index in [1.807, 2.05) is 71.6 Å². The van der Waals surface area contributed by atoms with Crippen molar-refractivity contribution in [1.82, 2.24) is 0 Å². The highest BCUT2D eigenvalue weighted by molar-refractivity contribution is 5.95. The van der Waals surface area contributed by atoms with E-state index in [1.54, 1.807) is 12.1 Å². The molecule has 4 rings (SSSR count). The molecule has 5 nitrogen and oxygen atoms in total. The monoisotopic (exact) mass is 478 g/mol. The van der Waals surface area contributed by atoms with Crippen LogP contribution < -0.4 is 4.90 Å². The Bertz CT molecular complexity index is 1280. The number of amides is 1. The molecule has 0 saturated heterocycles. The first-order valence-electron chi connectivity index (χ1n) is 12.3. The van der Waals surface area contributed by atoms with E-state index in [1.165, 1.54) is 19.6 Å². The second kappa shape index (κ2) is 12.0. The summed E-state index contributed by atoms with van der Waals surface area (Å²) >= 11 is 0. The molecule has 36 heavy (non-hydrogen) atoms. The molecule has 3 aromatic carbocycles. The third kappa shape index (κ3) is 6.28. The average molecular weight is 479 g/mol. The zero-order chi connectivity index (χ0) is 25.3. The van der Waals surface area contributed by atoms with Gasteiger partial charge in [0.25, 0.3) is 0 Å². The molecule has 0 aromatic heterocycles. The number of carbonyl (C=O) groups is 2. The third-order valence-corrected chi connectivity index (χ3v) is 6.64. The minimum Gasteiger partial charge on any atom is -0.466 e. The summed E-state index contributed by atoms with van der Waals surface area (Å²) in [5.41, 5.74) is 5.30. The quantitative estimate of drug-likeness (QED) is 0.286. The molecule has 1 aliphatic rings. The van der Waals surface area contributed by atoms with Gasteiger partial charge < -0.3 is 9.64 Å². The molecule has 0 unspecified atom stereocenters. The maximum Gasteiger partial charge on any atom is 0.330 e. The van der Waals surface area contributed by atoms with E-state index in [2.05, 4.69) is 6.07 Å². The van der Waals surface area contributed by atoms with Crippen molar-refractivity contribution in [3.63, 3.8) is 0 Å². The predicted octanol–water partition coefficient (Wildman–Crippen LogP) is 6.52. The number of hydrogen-bond acceptors (Lipinski definition) is 4. The van der Waals surface area contributed by atoms with Crippen LogP contribution in [0, 0.1) is 17.2 Å². The Morgan fingerprint density at radius 3 is 2.44 bits per heavy atom. The highest BCUT2D eigenvalue weighted by Crippen LogP contribution is 2.30. The van der Waals surface area contributed by atoms with Crippen molar-refractivity contribution in [3.05, 3.63) is 95.6 Å². The Balaban J connectivity index is 1.61. The van der Waals surface area contributed by atoms with Crippen molar-refractivity contribution < 1.29 is 14.3 Å². The van der Waals surface area contributed by atoms with Crippen molar-refractivity contribution in [2.24, 2.45) is 5.92 Å². The van der Waals surface area contributed by atoms with Gasteiger partial charge in [0.15, 0.2) is 0 Å². The van der Waals surface area contributed by atoms with Crippen molar-refractivity contribution in [2.75, 3.05) is 12.0 Å². The number of nitriles is 1. The second-order valence-electron chi connectivity index (χ2n) is 9.10. The summed E-state index contributed by atoms with van der Waals surface area (Å²) < 4.78 is 4.69. The summed E-state index contributed by atoms with van der Waals surface area (Å²) in [4.78, 5) is 27.1. The van der Waals surface area contributed by atoms with Gasteiger partial charge in [0, 0.05) is 17.7 Å². The standard InChI is InChI=1S/C31H30N2O3/c1-36-30(34)18-15-23-7-6-12-29(20-23)33(31(35)27-9-3-2-4-10-27)22-24-13-16-26(17-14-24)28-11-5-8-25(19-28)21-32/h5-8,11-20,27H,2-4,9-10,22H2,1H3/b18-15+. The van der Waals surface area contributed by atoms with Gasteiger partial charge in [-0.05, 0) is 65.4 Å². The van der Waals surface area contributed by atoms with Gasteiger partial charge in [-0.3, -0.25) is 4.79 Å². The fourth-order valence-electron chi connectivity index (χ4n) is 4.65. The van der Waals surface area contributed by atoms with Crippen LogP contribution >= 0.6 is 0 Å². The molecule has 0 spiro atoms. The molecule has 0 aliphatic heterocycles. The van der Waals surface area contributed by atoms with E-state index in [0.717, 1.165) is 53.6 Å². The van der Waals surface area contributed by atoms with Crippen LogP contribution in [0.5, 0.6) is 0 Å². The number of esters is 1. The Kier molecular flexibility index (Phi) is 8.31. The van der Waals surface area contributed by atoms with Crippen molar-refractivity contribution in [3.8, 4) is 17.2 Å². The number of benzene rings is 3. The molecule has 182 valence electrons. The normalized spacial score (nSPS) is 13.8. The first-order chi connectivity index (χ1) is 17.6. The van der Waals surface area contributed by atoms with Gasteiger partial charge in [-0.15, -0.1) is 0 Å². The van der Waals surface area contributed by atoms with Gasteiger partial charge in [0.2, 0.25) is 5.91 Å². The Hall–Kier alpha value is -4.17. The van der Waals surface area contributed by atoms with Gasteiger partial charge in [-0.2, -0.15) is 5.26 Å². The first kappa shape index (κ1) is 24.9. The van der Waals surface area contributed by atoms with Gasteiger partial charge in [-0.1, -0.05) is 67.8 Å². The van der Waals surface area contributed by atoms with E-state index < -0.39 is 5.97 Å². The lowest BCUT2D eigenvalue weighted by molar-refractivity contribution is -0.134. The number of ether oxygens (including phenoxy) is 1. The van der Waals surface area contributed by atoms with E-state index in [9.17, 15) is 14.9 Å². The second-order valence-corrected chi connectivity index (χ2v) is 9.10. The number of hydrogen-bond donors (Lipinski definition) is 0. The van der Waals surface area contributed by atoms with Crippen molar-refractivity contribution in [1.29, 1.82) is 5.26 Å². The molecule has 1 amide bonds. The van der Waals surface area contributed by atoms with Crippen LogP contribution in [0.4, 0.5) is 5.69 Å². The zero-order valence-electron chi connectivity index (χ0n) is 20.5. The lowest BCUT2D eigenvalue weighted by atomic mass is 9.88. The van der Waals surface area contributed by atoms with Gasteiger partial charge in [0.05, 0.1) is 25.3 Å². The minimum absolute atomic E-state index is 0.0287. The molecule has 5 heteroatoms. The summed E-state index contributed by atoms with van der Waals surface area (Å²) in [5.74, 6) is -0.244. The third-order valence-electron chi connectivity index (χ3n) is 6.64. The summed E-state index contributed by atoms with van der Waals surface area (Å²) in [5, 5.41) is 9.20. The average Bonchev–Trinajstić information content (AvgIpc) is 2.95. The molecule has 1 saturated carbocycles. The largest absolute Gasteiger partial charge is 0.466 e. The molecule has 0 radical (unpaired) electrons. The molecule has 1 aliphatic carbocycles. The minimum atomic E-state index is -0.420. The smallest absolute Gasteiger partial charge is 0.330 e. The van der Waals surface area contributed by atoms with Gasteiger partial charge >= 0.3 is 5.97 Å². The molecule has 1 fully saturated rings. The SMILES string of the molecule is COC(=O)/C=C/c1cccc(N(Cc2ccc(-c3cccc(C#N)c3)cc2)C(=O)C2CCCCC2)c1. The Morgan fingerprint density at radius 1 is 0.972 bits per heavy atom. The van der Waals surface area contributed by atoms with Gasteiger partial charge in [-0.25, -0.2) is 4.79 Å². The fraction of sp³-hybridized carbons (Fsp3) is 0.258. The fourth-order valence-corrected chi connectivity index (χ4v) is 4.65. The summed E-state index contributed by atoms with van der Waals surface area (Å²) in [6, 6.07) is 25.5. The molecule has 0 atom stereocenters. The highest BCUT2D eigenvalue weighted by atomic mass is 16.5. The van der Waals surface area contributed by atoms with Crippen LogP contribution in [0.25, 0.3) is 17.2 Å². The number of rotatable bonds is 7.